The molecule has 1 aromatic rings. The number of nitrogens with zero attached hydrogens (tertiary/aromatic N) is 1. The van der Waals surface area contributed by atoms with Crippen LogP contribution in [0.5, 0.6) is 5.75 Å². The Labute approximate surface area is 125 Å². The summed E-state index contributed by atoms with van der Waals surface area (Å²) in [7, 11) is 0. The van der Waals surface area contributed by atoms with Crippen molar-refractivity contribution in [1.82, 2.24) is 4.90 Å². The Morgan fingerprint density at radius 3 is 3.00 bits per heavy atom. The number of fused-ring (bicyclic) bond motifs is 1. The smallest absolute Gasteiger partial charge is 0.123 e. The monoisotopic (exact) mass is 295 g/mol. The van der Waals surface area contributed by atoms with Gasteiger partial charge in [-0.2, -0.15) is 0 Å². The largest absolute Gasteiger partial charge is 0.488 e. The van der Waals surface area contributed by atoms with Gasteiger partial charge in [0.05, 0.1) is 12.7 Å². The average molecular weight is 296 g/mol. The van der Waals surface area contributed by atoms with Crippen LogP contribution >= 0.6 is 11.6 Å². The molecule has 1 saturated heterocycles. The minimum absolute atomic E-state index is 0.152. The van der Waals surface area contributed by atoms with Gasteiger partial charge in [0, 0.05) is 31.4 Å². The number of halogens is 1. The van der Waals surface area contributed by atoms with E-state index in [9.17, 15) is 0 Å². The van der Waals surface area contributed by atoms with Crippen molar-refractivity contribution in [2.45, 2.75) is 38.5 Å². The summed E-state index contributed by atoms with van der Waals surface area (Å²) in [5.41, 5.74) is 2.64. The van der Waals surface area contributed by atoms with E-state index in [4.69, 9.17) is 21.1 Å². The van der Waals surface area contributed by atoms with Crippen LogP contribution in [0.4, 0.5) is 0 Å². The number of hydrogen-bond acceptors (Lipinski definition) is 3. The van der Waals surface area contributed by atoms with E-state index in [2.05, 4.69) is 36.9 Å². The molecule has 0 saturated carbocycles. The van der Waals surface area contributed by atoms with Crippen LogP contribution in [0, 0.1) is 6.92 Å². The maximum absolute atomic E-state index is 6.07. The Balaban J connectivity index is 1.62. The highest BCUT2D eigenvalue weighted by Gasteiger charge is 2.30. The van der Waals surface area contributed by atoms with Gasteiger partial charge in [-0.1, -0.05) is 17.7 Å². The zero-order valence-corrected chi connectivity index (χ0v) is 12.9. The molecule has 2 heterocycles. The standard InChI is InChI=1S/C16H22ClNO2/c1-11-3-4-16-13(5-11)6-14(20-16)8-18-9-15(7-17)19-10-12(18)2/h3-5,12,14-15H,6-10H2,1-2H3. The summed E-state index contributed by atoms with van der Waals surface area (Å²) in [6, 6.07) is 6.88. The Kier molecular flexibility index (Phi) is 4.20. The molecule has 1 aromatic carbocycles. The molecular formula is C16H22ClNO2. The molecular weight excluding hydrogens is 274 g/mol. The van der Waals surface area contributed by atoms with E-state index in [-0.39, 0.29) is 12.2 Å². The van der Waals surface area contributed by atoms with Gasteiger partial charge in [-0.15, -0.1) is 11.6 Å². The van der Waals surface area contributed by atoms with Crippen molar-refractivity contribution in [3.8, 4) is 5.75 Å². The first-order valence-corrected chi connectivity index (χ1v) is 7.87. The third kappa shape index (κ3) is 2.95. The van der Waals surface area contributed by atoms with Crippen molar-refractivity contribution < 1.29 is 9.47 Å². The molecule has 1 fully saturated rings. The predicted octanol–water partition coefficient (Wildman–Crippen LogP) is 2.63. The lowest BCUT2D eigenvalue weighted by Crippen LogP contribution is -2.51. The number of aryl methyl sites for hydroxylation is 1. The summed E-state index contributed by atoms with van der Waals surface area (Å²) in [6.07, 6.45) is 1.41. The van der Waals surface area contributed by atoms with E-state index in [0.29, 0.717) is 11.9 Å². The van der Waals surface area contributed by atoms with E-state index < -0.39 is 0 Å². The fourth-order valence-electron chi connectivity index (χ4n) is 3.04. The van der Waals surface area contributed by atoms with Crippen LogP contribution in [-0.2, 0) is 11.2 Å². The zero-order chi connectivity index (χ0) is 14.1. The van der Waals surface area contributed by atoms with Crippen LogP contribution in [0.1, 0.15) is 18.1 Å². The second-order valence-electron chi connectivity index (χ2n) is 5.97. The molecule has 3 rings (SSSR count). The number of rotatable bonds is 3. The quantitative estimate of drug-likeness (QED) is 0.800. The van der Waals surface area contributed by atoms with Gasteiger partial charge in [0.25, 0.3) is 0 Å². The molecule has 0 aliphatic carbocycles. The zero-order valence-electron chi connectivity index (χ0n) is 12.1. The van der Waals surface area contributed by atoms with E-state index in [1.807, 2.05) is 0 Å². The van der Waals surface area contributed by atoms with E-state index in [1.54, 1.807) is 0 Å². The Morgan fingerprint density at radius 2 is 2.20 bits per heavy atom. The Hall–Kier alpha value is -0.770. The highest BCUT2D eigenvalue weighted by molar-refractivity contribution is 6.18. The normalized spacial score (nSPS) is 30.1. The number of morpholine rings is 1. The van der Waals surface area contributed by atoms with Crippen molar-refractivity contribution in [2.24, 2.45) is 0 Å². The lowest BCUT2D eigenvalue weighted by molar-refractivity contribution is -0.0565. The molecule has 0 spiro atoms. The number of hydrogen-bond donors (Lipinski definition) is 0. The van der Waals surface area contributed by atoms with Crippen molar-refractivity contribution in [1.29, 1.82) is 0 Å². The first-order chi connectivity index (χ1) is 9.65. The molecule has 3 unspecified atom stereocenters. The maximum atomic E-state index is 6.07. The van der Waals surface area contributed by atoms with Crippen LogP contribution in [0.15, 0.2) is 18.2 Å². The molecule has 110 valence electrons. The van der Waals surface area contributed by atoms with Gasteiger partial charge < -0.3 is 9.47 Å². The van der Waals surface area contributed by atoms with E-state index in [0.717, 1.165) is 31.9 Å². The second-order valence-corrected chi connectivity index (χ2v) is 6.28. The minimum atomic E-state index is 0.152. The highest BCUT2D eigenvalue weighted by atomic mass is 35.5. The fraction of sp³-hybridized carbons (Fsp3) is 0.625. The first kappa shape index (κ1) is 14.2. The Morgan fingerprint density at radius 1 is 1.35 bits per heavy atom. The molecule has 2 aliphatic rings. The van der Waals surface area contributed by atoms with Crippen LogP contribution in [0.25, 0.3) is 0 Å². The highest BCUT2D eigenvalue weighted by Crippen LogP contribution is 2.30. The van der Waals surface area contributed by atoms with Gasteiger partial charge in [0.15, 0.2) is 0 Å². The molecule has 0 aromatic heterocycles. The maximum Gasteiger partial charge on any atom is 0.123 e. The van der Waals surface area contributed by atoms with Gasteiger partial charge in [0.1, 0.15) is 11.9 Å². The summed E-state index contributed by atoms with van der Waals surface area (Å²) in [5.74, 6) is 1.61. The molecule has 3 atom stereocenters. The average Bonchev–Trinajstić information content (AvgIpc) is 2.82. The molecule has 0 N–H and O–H groups in total. The van der Waals surface area contributed by atoms with E-state index in [1.165, 1.54) is 11.1 Å². The molecule has 3 nitrogen and oxygen atoms in total. The molecule has 0 amide bonds. The fourth-order valence-corrected chi connectivity index (χ4v) is 3.22. The summed E-state index contributed by atoms with van der Waals surface area (Å²) < 4.78 is 11.8. The van der Waals surface area contributed by atoms with E-state index >= 15 is 0 Å². The van der Waals surface area contributed by atoms with Crippen molar-refractivity contribution in [2.75, 3.05) is 25.6 Å². The van der Waals surface area contributed by atoms with Crippen LogP contribution < -0.4 is 4.74 Å². The van der Waals surface area contributed by atoms with Gasteiger partial charge in [0.2, 0.25) is 0 Å². The van der Waals surface area contributed by atoms with Gasteiger partial charge in [-0.25, -0.2) is 0 Å². The molecule has 0 radical (unpaired) electrons. The van der Waals surface area contributed by atoms with Gasteiger partial charge in [-0.05, 0) is 25.5 Å². The third-order valence-electron chi connectivity index (χ3n) is 4.20. The minimum Gasteiger partial charge on any atom is -0.488 e. The van der Waals surface area contributed by atoms with Crippen LogP contribution in [0.3, 0.4) is 0 Å². The second kappa shape index (κ2) is 5.92. The molecule has 2 aliphatic heterocycles. The number of benzene rings is 1. The van der Waals surface area contributed by atoms with Crippen molar-refractivity contribution in [3.63, 3.8) is 0 Å². The van der Waals surface area contributed by atoms with Crippen molar-refractivity contribution >= 4 is 11.6 Å². The summed E-state index contributed by atoms with van der Waals surface area (Å²) >= 11 is 5.92. The van der Waals surface area contributed by atoms with Gasteiger partial charge >= 0.3 is 0 Å². The summed E-state index contributed by atoms with van der Waals surface area (Å²) in [5, 5.41) is 0. The number of alkyl halides is 1. The van der Waals surface area contributed by atoms with Crippen LogP contribution in [0.2, 0.25) is 0 Å². The van der Waals surface area contributed by atoms with Crippen LogP contribution in [-0.4, -0.2) is 48.7 Å². The molecule has 4 heteroatoms. The first-order valence-electron chi connectivity index (χ1n) is 7.33. The number of ether oxygens (including phenoxy) is 2. The third-order valence-corrected chi connectivity index (χ3v) is 4.55. The summed E-state index contributed by atoms with van der Waals surface area (Å²) in [4.78, 5) is 2.44. The topological polar surface area (TPSA) is 21.7 Å². The molecule has 20 heavy (non-hydrogen) atoms. The van der Waals surface area contributed by atoms with Gasteiger partial charge in [-0.3, -0.25) is 4.90 Å². The molecule has 0 bridgehead atoms. The SMILES string of the molecule is Cc1ccc2c(c1)CC(CN1CC(CCl)OCC1C)O2. The lowest BCUT2D eigenvalue weighted by Gasteiger charge is -2.38. The lowest BCUT2D eigenvalue weighted by atomic mass is 10.1. The summed E-state index contributed by atoms with van der Waals surface area (Å²) in [6.45, 7) is 6.95. The Bertz CT molecular complexity index is 480. The predicted molar refractivity (Wildman–Crippen MR) is 80.8 cm³/mol. The van der Waals surface area contributed by atoms with Crippen molar-refractivity contribution in [3.05, 3.63) is 29.3 Å².